The van der Waals surface area contributed by atoms with Crippen LogP contribution in [0.5, 0.6) is 0 Å². The Hall–Kier alpha value is -2.37. The number of ether oxygens (including phenoxy) is 3. The van der Waals surface area contributed by atoms with Gasteiger partial charge in [0.2, 0.25) is 0 Å². The molecule has 0 aliphatic heterocycles. The molecule has 0 amide bonds. The fourth-order valence-corrected chi connectivity index (χ4v) is 6.14. The van der Waals surface area contributed by atoms with E-state index >= 15 is 0 Å². The van der Waals surface area contributed by atoms with Crippen LogP contribution in [0.25, 0.3) is 0 Å². The Morgan fingerprint density at radius 3 is 1.09 bits per heavy atom. The van der Waals surface area contributed by atoms with Gasteiger partial charge in [-0.2, -0.15) is 0 Å². The van der Waals surface area contributed by atoms with Crippen LogP contribution in [0.3, 0.4) is 0 Å². The standard InChI is InChI=1S/C47H84O6/c1-4-7-10-13-16-19-21-23-24-26-28-31-34-37-40-46(49)52-43-44(42-51-45(48)39-36-33-30-27-18-15-12-9-6-3)53-47(50)41-38-35-32-29-25-22-20-17-14-11-8-5-2/h17,20,24,26-27,30,44H,4-16,18-19,21-23,25,28-29,31-43H2,1-3H3/b20-17-,26-24-,30-27-. The number of unbranched alkanes of at least 4 members (excludes halogenated alkanes) is 23. The summed E-state index contributed by atoms with van der Waals surface area (Å²) in [7, 11) is 0. The third-order valence-electron chi connectivity index (χ3n) is 9.59. The van der Waals surface area contributed by atoms with Crippen molar-refractivity contribution in [3.8, 4) is 0 Å². The molecule has 0 rings (SSSR count). The van der Waals surface area contributed by atoms with E-state index in [9.17, 15) is 14.4 Å². The molecule has 0 spiro atoms. The van der Waals surface area contributed by atoms with Gasteiger partial charge in [0.15, 0.2) is 6.10 Å². The second kappa shape index (κ2) is 42.4. The highest BCUT2D eigenvalue weighted by Gasteiger charge is 2.19. The van der Waals surface area contributed by atoms with Gasteiger partial charge in [-0.25, -0.2) is 0 Å². The fraction of sp³-hybridized carbons (Fsp3) is 0.809. The molecule has 0 saturated carbocycles. The van der Waals surface area contributed by atoms with Crippen molar-refractivity contribution in [1.82, 2.24) is 0 Å². The molecule has 0 aliphatic carbocycles. The Bertz CT molecular complexity index is 907. The first-order valence-electron chi connectivity index (χ1n) is 22.5. The number of carbonyl (C=O) groups is 3. The molecule has 0 aliphatic rings. The molecular formula is C47H84O6. The lowest BCUT2D eigenvalue weighted by molar-refractivity contribution is -0.167. The van der Waals surface area contributed by atoms with Crippen molar-refractivity contribution < 1.29 is 28.6 Å². The molecule has 0 aromatic heterocycles. The number of rotatable bonds is 40. The Kier molecular flexibility index (Phi) is 40.5. The normalized spacial score (nSPS) is 12.3. The zero-order chi connectivity index (χ0) is 38.7. The van der Waals surface area contributed by atoms with E-state index in [0.717, 1.165) is 77.0 Å². The molecule has 0 aromatic carbocycles. The summed E-state index contributed by atoms with van der Waals surface area (Å²) in [4.78, 5) is 37.6. The maximum Gasteiger partial charge on any atom is 0.306 e. The number of carbonyl (C=O) groups excluding carboxylic acids is 3. The van der Waals surface area contributed by atoms with Crippen LogP contribution in [-0.4, -0.2) is 37.2 Å². The van der Waals surface area contributed by atoms with Crippen molar-refractivity contribution >= 4 is 17.9 Å². The van der Waals surface area contributed by atoms with Crippen LogP contribution in [0.2, 0.25) is 0 Å². The van der Waals surface area contributed by atoms with E-state index in [4.69, 9.17) is 14.2 Å². The molecule has 0 bridgehead atoms. The van der Waals surface area contributed by atoms with Crippen molar-refractivity contribution in [2.75, 3.05) is 13.2 Å². The summed E-state index contributed by atoms with van der Waals surface area (Å²) in [6.07, 6.45) is 47.1. The quantitative estimate of drug-likeness (QED) is 0.0269. The molecule has 0 heterocycles. The van der Waals surface area contributed by atoms with Crippen LogP contribution in [-0.2, 0) is 28.6 Å². The summed E-state index contributed by atoms with van der Waals surface area (Å²) >= 11 is 0. The van der Waals surface area contributed by atoms with Gasteiger partial charge in [-0.05, 0) is 89.9 Å². The minimum atomic E-state index is -0.788. The van der Waals surface area contributed by atoms with Crippen molar-refractivity contribution in [3.63, 3.8) is 0 Å². The van der Waals surface area contributed by atoms with Gasteiger partial charge in [0, 0.05) is 19.3 Å². The molecule has 6 heteroatoms. The summed E-state index contributed by atoms with van der Waals surface area (Å²) in [5.74, 6) is -0.952. The van der Waals surface area contributed by atoms with Gasteiger partial charge in [-0.1, -0.05) is 154 Å². The highest BCUT2D eigenvalue weighted by molar-refractivity contribution is 5.71. The molecule has 1 unspecified atom stereocenters. The Balaban J connectivity index is 4.41. The van der Waals surface area contributed by atoms with E-state index in [1.165, 1.54) is 103 Å². The lowest BCUT2D eigenvalue weighted by Gasteiger charge is -2.18. The highest BCUT2D eigenvalue weighted by Crippen LogP contribution is 2.13. The van der Waals surface area contributed by atoms with Crippen LogP contribution in [0.15, 0.2) is 36.5 Å². The van der Waals surface area contributed by atoms with Crippen molar-refractivity contribution in [2.45, 2.75) is 232 Å². The third kappa shape index (κ3) is 40.6. The Labute approximate surface area is 327 Å². The molecule has 0 aromatic rings. The molecule has 0 N–H and O–H groups in total. The number of allylic oxidation sites excluding steroid dienone is 6. The van der Waals surface area contributed by atoms with Gasteiger partial charge in [0.1, 0.15) is 13.2 Å². The van der Waals surface area contributed by atoms with Crippen LogP contribution < -0.4 is 0 Å². The van der Waals surface area contributed by atoms with Gasteiger partial charge >= 0.3 is 17.9 Å². The molecule has 0 fully saturated rings. The van der Waals surface area contributed by atoms with E-state index in [2.05, 4.69) is 57.2 Å². The maximum absolute atomic E-state index is 12.7. The second-order valence-electron chi connectivity index (χ2n) is 14.9. The maximum atomic E-state index is 12.7. The first-order chi connectivity index (χ1) is 26.0. The summed E-state index contributed by atoms with van der Waals surface area (Å²) in [5.41, 5.74) is 0. The van der Waals surface area contributed by atoms with Crippen LogP contribution in [0, 0.1) is 0 Å². The Morgan fingerprint density at radius 2 is 0.642 bits per heavy atom. The van der Waals surface area contributed by atoms with E-state index in [1.54, 1.807) is 0 Å². The lowest BCUT2D eigenvalue weighted by atomic mass is 10.1. The molecular weight excluding hydrogens is 661 g/mol. The monoisotopic (exact) mass is 745 g/mol. The van der Waals surface area contributed by atoms with Gasteiger partial charge in [-0.15, -0.1) is 0 Å². The third-order valence-corrected chi connectivity index (χ3v) is 9.59. The van der Waals surface area contributed by atoms with E-state index in [-0.39, 0.29) is 31.1 Å². The second-order valence-corrected chi connectivity index (χ2v) is 14.9. The first kappa shape index (κ1) is 50.6. The van der Waals surface area contributed by atoms with E-state index in [0.29, 0.717) is 25.7 Å². The van der Waals surface area contributed by atoms with Gasteiger partial charge in [0.05, 0.1) is 0 Å². The highest BCUT2D eigenvalue weighted by atomic mass is 16.6. The summed E-state index contributed by atoms with van der Waals surface area (Å²) in [6, 6.07) is 0. The predicted octanol–water partition coefficient (Wildman–Crippen LogP) is 14.2. The zero-order valence-electron chi connectivity index (χ0n) is 35.0. The minimum absolute atomic E-state index is 0.0913. The van der Waals surface area contributed by atoms with Crippen LogP contribution in [0.1, 0.15) is 226 Å². The summed E-state index contributed by atoms with van der Waals surface area (Å²) in [6.45, 7) is 6.52. The smallest absolute Gasteiger partial charge is 0.306 e. The molecule has 0 saturated heterocycles. The van der Waals surface area contributed by atoms with Crippen molar-refractivity contribution in [3.05, 3.63) is 36.5 Å². The van der Waals surface area contributed by atoms with Crippen LogP contribution in [0.4, 0.5) is 0 Å². The average molecular weight is 745 g/mol. The first-order valence-corrected chi connectivity index (χ1v) is 22.5. The topological polar surface area (TPSA) is 78.9 Å². The zero-order valence-corrected chi connectivity index (χ0v) is 35.0. The van der Waals surface area contributed by atoms with E-state index < -0.39 is 6.10 Å². The van der Waals surface area contributed by atoms with E-state index in [1.807, 2.05) is 0 Å². The van der Waals surface area contributed by atoms with Crippen molar-refractivity contribution in [2.24, 2.45) is 0 Å². The average Bonchev–Trinajstić information content (AvgIpc) is 3.15. The largest absolute Gasteiger partial charge is 0.462 e. The fourth-order valence-electron chi connectivity index (χ4n) is 6.14. The number of esters is 3. The van der Waals surface area contributed by atoms with Crippen molar-refractivity contribution in [1.29, 1.82) is 0 Å². The number of hydrogen-bond acceptors (Lipinski definition) is 6. The molecule has 6 nitrogen and oxygen atoms in total. The van der Waals surface area contributed by atoms with Crippen LogP contribution >= 0.6 is 0 Å². The SMILES string of the molecule is CCCCC/C=C\CCCCCCCC(=O)OC(COC(=O)CCC/C=C\CCCCCC)COC(=O)CCCCC/C=C\CCCCCCCCC. The molecule has 1 atom stereocenters. The van der Waals surface area contributed by atoms with Gasteiger partial charge in [-0.3, -0.25) is 14.4 Å². The molecule has 308 valence electrons. The van der Waals surface area contributed by atoms with Gasteiger partial charge in [0.25, 0.3) is 0 Å². The lowest BCUT2D eigenvalue weighted by Crippen LogP contribution is -2.30. The summed E-state index contributed by atoms with van der Waals surface area (Å²) < 4.78 is 16.6. The predicted molar refractivity (Wildman–Crippen MR) is 224 cm³/mol. The Morgan fingerprint density at radius 1 is 0.358 bits per heavy atom. The minimum Gasteiger partial charge on any atom is -0.462 e. The van der Waals surface area contributed by atoms with Gasteiger partial charge < -0.3 is 14.2 Å². The molecule has 53 heavy (non-hydrogen) atoms. The molecule has 0 radical (unpaired) electrons. The summed E-state index contributed by atoms with van der Waals surface area (Å²) in [5, 5.41) is 0. The number of hydrogen-bond donors (Lipinski definition) is 0.